The first-order valence-corrected chi connectivity index (χ1v) is 21.2. The van der Waals surface area contributed by atoms with Crippen molar-refractivity contribution >= 4 is 19.8 Å². The number of carbonyl (C=O) groups excluding carboxylic acids is 2. The zero-order chi connectivity index (χ0) is 35.8. The highest BCUT2D eigenvalue weighted by atomic mass is 31.2. The maximum absolute atomic E-state index is 12.5. The summed E-state index contributed by atoms with van der Waals surface area (Å²) in [5.74, 6) is -0.828. The standard InChI is InChI=1S/C38H76NO8P/c1-6-8-10-12-14-16-17-18-19-20-21-23-24-26-28-30-37(40)44-34-36(35-46-48(42,43)45-33-32-39(3,4)5)47-38(41)31-29-27-25-22-15-13-11-9-7-2/h36H,6-35H2,1-5H3. The molecule has 0 saturated heterocycles. The molecule has 0 aromatic carbocycles. The van der Waals surface area contributed by atoms with Crippen LogP contribution in [-0.2, 0) is 32.7 Å². The average molecular weight is 706 g/mol. The number of esters is 2. The van der Waals surface area contributed by atoms with E-state index in [0.717, 1.165) is 38.5 Å². The van der Waals surface area contributed by atoms with Gasteiger partial charge < -0.3 is 27.9 Å². The molecular weight excluding hydrogens is 629 g/mol. The monoisotopic (exact) mass is 706 g/mol. The van der Waals surface area contributed by atoms with Gasteiger partial charge in [0.15, 0.2) is 6.10 Å². The Morgan fingerprint density at radius 2 is 0.938 bits per heavy atom. The van der Waals surface area contributed by atoms with Gasteiger partial charge >= 0.3 is 11.9 Å². The SMILES string of the molecule is CCCCCCCCCCCCCCCCCC(=O)OCC(COP(=O)([O-])OCC[N+](C)(C)C)OC(=O)CCCCCCCCCCC. The lowest BCUT2D eigenvalue weighted by Gasteiger charge is -2.28. The molecule has 0 amide bonds. The van der Waals surface area contributed by atoms with Crippen LogP contribution >= 0.6 is 7.82 Å². The van der Waals surface area contributed by atoms with Crippen molar-refractivity contribution in [1.82, 2.24) is 0 Å². The number of phosphoric acid groups is 1. The Hall–Kier alpha value is -0.990. The van der Waals surface area contributed by atoms with Gasteiger partial charge in [-0.25, -0.2) is 0 Å². The first-order valence-electron chi connectivity index (χ1n) is 19.7. The van der Waals surface area contributed by atoms with Crippen LogP contribution in [-0.4, -0.2) is 70.0 Å². The molecule has 0 N–H and O–H groups in total. The summed E-state index contributed by atoms with van der Waals surface area (Å²) >= 11 is 0. The van der Waals surface area contributed by atoms with E-state index in [2.05, 4.69) is 13.8 Å². The molecule has 0 aliphatic carbocycles. The number of likely N-dealkylation sites (N-methyl/N-ethyl adjacent to an activating group) is 1. The molecule has 0 fully saturated rings. The van der Waals surface area contributed by atoms with Crippen LogP contribution in [0.25, 0.3) is 0 Å². The summed E-state index contributed by atoms with van der Waals surface area (Å²) in [6.07, 6.45) is 28.4. The minimum absolute atomic E-state index is 0.0262. The fourth-order valence-corrected chi connectivity index (χ4v) is 6.21. The zero-order valence-electron chi connectivity index (χ0n) is 32.0. The van der Waals surface area contributed by atoms with E-state index >= 15 is 0 Å². The molecule has 0 aliphatic rings. The van der Waals surface area contributed by atoms with E-state index in [4.69, 9.17) is 18.5 Å². The van der Waals surface area contributed by atoms with Crippen molar-refractivity contribution in [3.05, 3.63) is 0 Å². The van der Waals surface area contributed by atoms with Crippen LogP contribution in [0.4, 0.5) is 0 Å². The Kier molecular flexibility index (Phi) is 31.3. The van der Waals surface area contributed by atoms with Gasteiger partial charge in [-0.2, -0.15) is 0 Å². The van der Waals surface area contributed by atoms with E-state index < -0.39 is 26.5 Å². The van der Waals surface area contributed by atoms with Crippen molar-refractivity contribution in [2.45, 2.75) is 187 Å². The van der Waals surface area contributed by atoms with Gasteiger partial charge in [-0.05, 0) is 12.8 Å². The van der Waals surface area contributed by atoms with E-state index in [0.29, 0.717) is 17.4 Å². The van der Waals surface area contributed by atoms with Crippen molar-refractivity contribution in [2.75, 3.05) is 47.5 Å². The molecule has 0 radical (unpaired) electrons. The molecule has 10 heteroatoms. The number of quaternary nitrogens is 1. The molecule has 0 spiro atoms. The van der Waals surface area contributed by atoms with Crippen LogP contribution in [0.5, 0.6) is 0 Å². The molecule has 2 atom stereocenters. The molecule has 2 unspecified atom stereocenters. The van der Waals surface area contributed by atoms with E-state index in [1.165, 1.54) is 109 Å². The molecule has 0 heterocycles. The van der Waals surface area contributed by atoms with E-state index in [-0.39, 0.29) is 32.0 Å². The summed E-state index contributed by atoms with van der Waals surface area (Å²) in [5.41, 5.74) is 0. The molecular formula is C38H76NO8P. The molecule has 9 nitrogen and oxygen atoms in total. The van der Waals surface area contributed by atoms with Gasteiger partial charge in [0.25, 0.3) is 7.82 Å². The van der Waals surface area contributed by atoms with Crippen molar-refractivity contribution in [3.8, 4) is 0 Å². The second kappa shape index (κ2) is 32.0. The van der Waals surface area contributed by atoms with Gasteiger partial charge in [0.1, 0.15) is 19.8 Å². The number of phosphoric ester groups is 1. The average Bonchev–Trinajstić information content (AvgIpc) is 3.02. The van der Waals surface area contributed by atoms with Crippen molar-refractivity contribution in [2.24, 2.45) is 0 Å². The van der Waals surface area contributed by atoms with Crippen molar-refractivity contribution in [3.63, 3.8) is 0 Å². The highest BCUT2D eigenvalue weighted by Gasteiger charge is 2.21. The number of hydrogen-bond acceptors (Lipinski definition) is 8. The topological polar surface area (TPSA) is 111 Å². The summed E-state index contributed by atoms with van der Waals surface area (Å²) in [5, 5.41) is 0. The fraction of sp³-hybridized carbons (Fsp3) is 0.947. The molecule has 48 heavy (non-hydrogen) atoms. The van der Waals surface area contributed by atoms with Crippen LogP contribution in [0, 0.1) is 0 Å². The maximum atomic E-state index is 12.5. The Morgan fingerprint density at radius 1 is 0.562 bits per heavy atom. The summed E-state index contributed by atoms with van der Waals surface area (Å²) in [7, 11) is 1.18. The summed E-state index contributed by atoms with van der Waals surface area (Å²) in [6, 6.07) is 0. The molecule has 0 saturated carbocycles. The summed E-state index contributed by atoms with van der Waals surface area (Å²) in [6.45, 7) is 4.21. The van der Waals surface area contributed by atoms with Crippen LogP contribution in [0.15, 0.2) is 0 Å². The Labute approximate surface area is 295 Å². The van der Waals surface area contributed by atoms with Crippen LogP contribution in [0.2, 0.25) is 0 Å². The first kappa shape index (κ1) is 47.0. The minimum Gasteiger partial charge on any atom is -0.756 e. The van der Waals surface area contributed by atoms with Crippen molar-refractivity contribution < 1.29 is 42.1 Å². The predicted molar refractivity (Wildman–Crippen MR) is 195 cm³/mol. The molecule has 0 bridgehead atoms. The van der Waals surface area contributed by atoms with E-state index in [9.17, 15) is 19.0 Å². The van der Waals surface area contributed by atoms with Gasteiger partial charge in [-0.3, -0.25) is 14.2 Å². The normalized spacial score (nSPS) is 13.7. The Bertz CT molecular complexity index is 804. The van der Waals surface area contributed by atoms with Gasteiger partial charge in [-0.15, -0.1) is 0 Å². The van der Waals surface area contributed by atoms with Gasteiger partial charge in [0, 0.05) is 12.8 Å². The minimum atomic E-state index is -4.61. The zero-order valence-corrected chi connectivity index (χ0v) is 32.8. The van der Waals surface area contributed by atoms with Crippen molar-refractivity contribution in [1.29, 1.82) is 0 Å². The summed E-state index contributed by atoms with van der Waals surface area (Å²) in [4.78, 5) is 37.3. The second-order valence-electron chi connectivity index (χ2n) is 14.7. The summed E-state index contributed by atoms with van der Waals surface area (Å²) < 4.78 is 33.7. The molecule has 0 aliphatic heterocycles. The fourth-order valence-electron chi connectivity index (χ4n) is 5.48. The number of unbranched alkanes of at least 4 members (excludes halogenated alkanes) is 22. The van der Waals surface area contributed by atoms with Gasteiger partial charge in [0.05, 0.1) is 27.7 Å². The largest absolute Gasteiger partial charge is 0.756 e. The number of rotatable bonds is 36. The van der Waals surface area contributed by atoms with Gasteiger partial charge in [-0.1, -0.05) is 155 Å². The van der Waals surface area contributed by atoms with Gasteiger partial charge in [0.2, 0.25) is 0 Å². The smallest absolute Gasteiger partial charge is 0.306 e. The number of hydrogen-bond donors (Lipinski definition) is 0. The lowest BCUT2D eigenvalue weighted by Crippen LogP contribution is -2.37. The predicted octanol–water partition coefficient (Wildman–Crippen LogP) is 9.83. The Balaban J connectivity index is 4.33. The number of ether oxygens (including phenoxy) is 2. The third-order valence-electron chi connectivity index (χ3n) is 8.63. The van der Waals surface area contributed by atoms with E-state index in [1.807, 2.05) is 21.1 Å². The number of nitrogens with zero attached hydrogens (tertiary/aromatic N) is 1. The highest BCUT2D eigenvalue weighted by Crippen LogP contribution is 2.38. The molecule has 0 aromatic heterocycles. The second-order valence-corrected chi connectivity index (χ2v) is 16.1. The quantitative estimate of drug-likeness (QED) is 0.0274. The van der Waals surface area contributed by atoms with Crippen LogP contribution in [0.3, 0.4) is 0 Å². The first-order chi connectivity index (χ1) is 23.0. The van der Waals surface area contributed by atoms with E-state index in [1.54, 1.807) is 0 Å². The van der Waals surface area contributed by atoms with Crippen LogP contribution in [0.1, 0.15) is 181 Å². The third kappa shape index (κ3) is 34.9. The third-order valence-corrected chi connectivity index (χ3v) is 9.59. The Morgan fingerprint density at radius 3 is 1.33 bits per heavy atom. The molecule has 0 aromatic rings. The van der Waals surface area contributed by atoms with Crippen LogP contribution < -0.4 is 4.89 Å². The molecule has 286 valence electrons. The highest BCUT2D eigenvalue weighted by molar-refractivity contribution is 7.45. The maximum Gasteiger partial charge on any atom is 0.306 e. The number of carbonyl (C=O) groups is 2. The lowest BCUT2D eigenvalue weighted by atomic mass is 10.0. The molecule has 0 rings (SSSR count). The lowest BCUT2D eigenvalue weighted by molar-refractivity contribution is -0.870.